The van der Waals surface area contributed by atoms with Gasteiger partial charge in [-0.25, -0.2) is 4.98 Å². The van der Waals surface area contributed by atoms with Crippen molar-refractivity contribution in [3.63, 3.8) is 0 Å². The number of amides is 1. The third-order valence-corrected chi connectivity index (χ3v) is 5.13. The number of piperidine rings is 1. The molecule has 1 fully saturated rings. The topological polar surface area (TPSA) is 63.1 Å². The molecule has 1 atom stereocenters. The van der Waals surface area contributed by atoms with Crippen LogP contribution in [0.1, 0.15) is 29.8 Å². The van der Waals surface area contributed by atoms with Crippen LogP contribution < -0.4 is 10.2 Å². The Morgan fingerprint density at radius 3 is 2.84 bits per heavy atom. The zero-order valence-electron chi connectivity index (χ0n) is 15.3. The van der Waals surface area contributed by atoms with E-state index >= 15 is 0 Å². The Balaban J connectivity index is 1.51. The normalized spacial score (nSPS) is 17.6. The van der Waals surface area contributed by atoms with Gasteiger partial charge in [-0.15, -0.1) is 0 Å². The molecular weight excluding hydrogens is 314 g/mol. The van der Waals surface area contributed by atoms with Crippen molar-refractivity contribution in [3.8, 4) is 0 Å². The molecule has 0 spiro atoms. The number of anilines is 1. The van der Waals surface area contributed by atoms with E-state index in [1.165, 1.54) is 11.3 Å². The fraction of sp³-hybridized carbons (Fsp3) is 0.526. The maximum absolute atomic E-state index is 12.5. The van der Waals surface area contributed by atoms with Crippen molar-refractivity contribution in [1.82, 2.24) is 20.1 Å². The highest BCUT2D eigenvalue weighted by Gasteiger charge is 2.26. The third kappa shape index (κ3) is 4.00. The van der Waals surface area contributed by atoms with Crippen molar-refractivity contribution < 1.29 is 4.79 Å². The van der Waals surface area contributed by atoms with Gasteiger partial charge in [0.1, 0.15) is 5.82 Å². The molecule has 0 unspecified atom stereocenters. The lowest BCUT2D eigenvalue weighted by molar-refractivity contribution is -0.125. The summed E-state index contributed by atoms with van der Waals surface area (Å²) in [5, 5.41) is 7.60. The summed E-state index contributed by atoms with van der Waals surface area (Å²) in [6, 6.07) is 5.91. The SMILES string of the molecule is Cc1nn(CCNC(=O)[C@H]2CCCN(c3ccccn3)C2)c(C)c1C. The van der Waals surface area contributed by atoms with Gasteiger partial charge < -0.3 is 10.2 Å². The predicted octanol–water partition coefficient (Wildman–Crippen LogP) is 2.24. The maximum atomic E-state index is 12.5. The van der Waals surface area contributed by atoms with Crippen LogP contribution in [-0.4, -0.2) is 40.3 Å². The molecule has 25 heavy (non-hydrogen) atoms. The summed E-state index contributed by atoms with van der Waals surface area (Å²) < 4.78 is 1.98. The fourth-order valence-electron chi connectivity index (χ4n) is 3.37. The van der Waals surface area contributed by atoms with Crippen LogP contribution in [0.2, 0.25) is 0 Å². The smallest absolute Gasteiger partial charge is 0.224 e. The predicted molar refractivity (Wildman–Crippen MR) is 98.6 cm³/mol. The Kier molecular flexibility index (Phi) is 5.36. The van der Waals surface area contributed by atoms with Gasteiger partial charge in [-0.1, -0.05) is 6.07 Å². The molecule has 6 heteroatoms. The molecule has 0 saturated carbocycles. The number of nitrogens with one attached hydrogen (secondary N) is 1. The summed E-state index contributed by atoms with van der Waals surface area (Å²) >= 11 is 0. The number of carbonyl (C=O) groups excluding carboxylic acids is 1. The van der Waals surface area contributed by atoms with E-state index in [4.69, 9.17) is 0 Å². The molecule has 6 nitrogen and oxygen atoms in total. The van der Waals surface area contributed by atoms with Gasteiger partial charge in [0.15, 0.2) is 0 Å². The quantitative estimate of drug-likeness (QED) is 0.906. The van der Waals surface area contributed by atoms with Crippen LogP contribution in [-0.2, 0) is 11.3 Å². The van der Waals surface area contributed by atoms with Crippen LogP contribution in [0.4, 0.5) is 5.82 Å². The highest BCUT2D eigenvalue weighted by Crippen LogP contribution is 2.21. The first-order chi connectivity index (χ1) is 12.1. The van der Waals surface area contributed by atoms with Gasteiger partial charge in [0.25, 0.3) is 0 Å². The minimum atomic E-state index is 0.0259. The van der Waals surface area contributed by atoms with Gasteiger partial charge in [-0.3, -0.25) is 9.48 Å². The van der Waals surface area contributed by atoms with E-state index in [-0.39, 0.29) is 11.8 Å². The molecule has 1 aliphatic rings. The molecule has 2 aromatic heterocycles. The van der Waals surface area contributed by atoms with Gasteiger partial charge in [0, 0.05) is 31.5 Å². The van der Waals surface area contributed by atoms with E-state index in [1.807, 2.05) is 29.8 Å². The molecule has 3 rings (SSSR count). The molecule has 2 aromatic rings. The number of hydrogen-bond donors (Lipinski definition) is 1. The average Bonchev–Trinajstić information content (AvgIpc) is 2.89. The Morgan fingerprint density at radius 1 is 1.32 bits per heavy atom. The molecule has 1 N–H and O–H groups in total. The minimum absolute atomic E-state index is 0.0259. The number of aryl methyl sites for hydroxylation is 1. The van der Waals surface area contributed by atoms with E-state index in [0.29, 0.717) is 13.1 Å². The van der Waals surface area contributed by atoms with Gasteiger partial charge in [0.05, 0.1) is 18.2 Å². The second-order valence-electron chi connectivity index (χ2n) is 6.78. The Labute approximate surface area is 149 Å². The summed E-state index contributed by atoms with van der Waals surface area (Å²) in [6.07, 6.45) is 3.76. The second kappa shape index (κ2) is 7.68. The largest absolute Gasteiger partial charge is 0.356 e. The van der Waals surface area contributed by atoms with Crippen molar-refractivity contribution in [2.75, 3.05) is 24.5 Å². The number of carbonyl (C=O) groups is 1. The van der Waals surface area contributed by atoms with Gasteiger partial charge in [-0.05, 0) is 51.3 Å². The van der Waals surface area contributed by atoms with Crippen LogP contribution in [0.5, 0.6) is 0 Å². The number of aromatic nitrogens is 3. The first-order valence-corrected chi connectivity index (χ1v) is 9.00. The van der Waals surface area contributed by atoms with Crippen molar-refractivity contribution in [3.05, 3.63) is 41.3 Å². The Bertz CT molecular complexity index is 725. The second-order valence-corrected chi connectivity index (χ2v) is 6.78. The number of rotatable bonds is 5. The Hall–Kier alpha value is -2.37. The van der Waals surface area contributed by atoms with E-state index in [2.05, 4.69) is 34.1 Å². The van der Waals surface area contributed by atoms with Crippen LogP contribution in [0.15, 0.2) is 24.4 Å². The van der Waals surface area contributed by atoms with Crippen molar-refractivity contribution in [1.29, 1.82) is 0 Å². The van der Waals surface area contributed by atoms with Crippen LogP contribution >= 0.6 is 0 Å². The van der Waals surface area contributed by atoms with Gasteiger partial charge in [-0.2, -0.15) is 5.10 Å². The zero-order valence-corrected chi connectivity index (χ0v) is 15.3. The molecular formula is C19H27N5O. The summed E-state index contributed by atoms with van der Waals surface area (Å²) in [7, 11) is 0. The summed E-state index contributed by atoms with van der Waals surface area (Å²) in [5.41, 5.74) is 3.46. The lowest BCUT2D eigenvalue weighted by Crippen LogP contribution is -2.44. The van der Waals surface area contributed by atoms with Gasteiger partial charge >= 0.3 is 0 Å². The monoisotopic (exact) mass is 341 g/mol. The van der Waals surface area contributed by atoms with E-state index in [0.717, 1.165) is 37.4 Å². The third-order valence-electron chi connectivity index (χ3n) is 5.13. The molecule has 0 radical (unpaired) electrons. The summed E-state index contributed by atoms with van der Waals surface area (Å²) in [4.78, 5) is 19.1. The molecule has 134 valence electrons. The lowest BCUT2D eigenvalue weighted by atomic mass is 9.97. The number of nitrogens with zero attached hydrogens (tertiary/aromatic N) is 4. The molecule has 1 amide bonds. The highest BCUT2D eigenvalue weighted by molar-refractivity contribution is 5.79. The first-order valence-electron chi connectivity index (χ1n) is 9.00. The maximum Gasteiger partial charge on any atom is 0.224 e. The van der Waals surface area contributed by atoms with E-state index < -0.39 is 0 Å². The fourth-order valence-corrected chi connectivity index (χ4v) is 3.37. The first kappa shape index (κ1) is 17.5. The standard InChI is InChI=1S/C19H27N5O/c1-14-15(2)22-24(16(14)3)12-10-21-19(25)17-7-6-11-23(13-17)18-8-4-5-9-20-18/h4-5,8-9,17H,6-7,10-13H2,1-3H3,(H,21,25)/t17-/m0/s1. The zero-order chi connectivity index (χ0) is 17.8. The molecule has 3 heterocycles. The summed E-state index contributed by atoms with van der Waals surface area (Å²) in [5.74, 6) is 1.12. The Morgan fingerprint density at radius 2 is 2.16 bits per heavy atom. The molecule has 1 saturated heterocycles. The molecule has 0 aromatic carbocycles. The minimum Gasteiger partial charge on any atom is -0.356 e. The van der Waals surface area contributed by atoms with Gasteiger partial charge in [0.2, 0.25) is 5.91 Å². The van der Waals surface area contributed by atoms with Crippen LogP contribution in [0, 0.1) is 26.7 Å². The van der Waals surface area contributed by atoms with E-state index in [9.17, 15) is 4.79 Å². The van der Waals surface area contributed by atoms with Crippen molar-refractivity contribution >= 4 is 11.7 Å². The van der Waals surface area contributed by atoms with Crippen LogP contribution in [0.25, 0.3) is 0 Å². The molecule has 0 aliphatic carbocycles. The molecule has 1 aliphatic heterocycles. The number of pyridine rings is 1. The highest BCUT2D eigenvalue weighted by atomic mass is 16.1. The number of hydrogen-bond acceptors (Lipinski definition) is 4. The summed E-state index contributed by atoms with van der Waals surface area (Å²) in [6.45, 7) is 9.20. The van der Waals surface area contributed by atoms with Crippen molar-refractivity contribution in [2.45, 2.75) is 40.2 Å². The van der Waals surface area contributed by atoms with Crippen molar-refractivity contribution in [2.24, 2.45) is 5.92 Å². The van der Waals surface area contributed by atoms with Crippen LogP contribution in [0.3, 0.4) is 0 Å². The lowest BCUT2D eigenvalue weighted by Gasteiger charge is -2.32. The average molecular weight is 341 g/mol. The molecule has 0 bridgehead atoms. The van der Waals surface area contributed by atoms with E-state index in [1.54, 1.807) is 6.20 Å².